The monoisotopic (exact) mass is 1600 g/mol. The van der Waals surface area contributed by atoms with Gasteiger partial charge in [-0.05, 0) is 220 Å². The third-order valence-corrected chi connectivity index (χ3v) is 23.2. The van der Waals surface area contributed by atoms with Crippen molar-refractivity contribution in [3.05, 3.63) is 126 Å². The van der Waals surface area contributed by atoms with Gasteiger partial charge in [0.05, 0.1) is 76.3 Å². The highest BCUT2D eigenvalue weighted by Gasteiger charge is 2.35. The highest BCUT2D eigenvalue weighted by atomic mass is 19.3. The summed E-state index contributed by atoms with van der Waals surface area (Å²) in [6.07, 6.45) is 32.4. The van der Waals surface area contributed by atoms with Crippen LogP contribution >= 0.6 is 0 Å². The molecule has 117 heavy (non-hydrogen) atoms. The van der Waals surface area contributed by atoms with E-state index in [1.807, 2.05) is 116 Å². The van der Waals surface area contributed by atoms with Crippen LogP contribution in [0.15, 0.2) is 85.8 Å². The van der Waals surface area contributed by atoms with Gasteiger partial charge in [-0.25, -0.2) is 43.7 Å². The molecule has 2 atom stereocenters. The molecule has 19 rings (SSSR count). The molecule has 5 fully saturated rings. The summed E-state index contributed by atoms with van der Waals surface area (Å²) in [5.41, 5.74) is 14.1. The van der Waals surface area contributed by atoms with Gasteiger partial charge in [-0.3, -0.25) is 35.7 Å². The van der Waals surface area contributed by atoms with E-state index in [1.54, 1.807) is 18.6 Å². The quantitative estimate of drug-likeness (QED) is 0.0379. The number of hydrogen-bond donors (Lipinski definition) is 14. The molecule has 14 aromatic rings. The van der Waals surface area contributed by atoms with Gasteiger partial charge in [0.1, 0.15) is 40.7 Å². The van der Waals surface area contributed by atoms with Crippen LogP contribution in [0.3, 0.4) is 0 Å². The van der Waals surface area contributed by atoms with Crippen molar-refractivity contribution in [2.45, 2.75) is 247 Å². The Morgan fingerprint density at radius 3 is 1.03 bits per heavy atom. The molecule has 4 saturated carbocycles. The Bertz CT molecular complexity index is 5380. The number of fused-ring (bicyclic) bond motifs is 7. The lowest BCUT2D eigenvalue weighted by Gasteiger charge is -2.29. The molecular formula is C86H119F2N29. The second kappa shape index (κ2) is 39.1. The Morgan fingerprint density at radius 1 is 0.393 bits per heavy atom. The van der Waals surface area contributed by atoms with E-state index in [0.29, 0.717) is 42.9 Å². The maximum absolute atomic E-state index is 13.1. The topological polar surface area (TPSA) is 378 Å². The largest absolute Gasteiger partial charge is 0.369 e. The summed E-state index contributed by atoms with van der Waals surface area (Å²) in [7, 11) is 2.22. The number of hydrogen-bond acceptors (Lipinski definition) is 22. The minimum absolute atomic E-state index is 0.0506. The smallest absolute Gasteiger partial charge is 0.248 e. The summed E-state index contributed by atoms with van der Waals surface area (Å²) in [5, 5.41) is 82.3. The molecule has 1 aliphatic heterocycles. The number of halogens is 2. The number of aromatic nitrogens is 21. The molecule has 15 heterocycles. The van der Waals surface area contributed by atoms with E-state index >= 15 is 0 Å². The lowest BCUT2D eigenvalue weighted by Crippen LogP contribution is -2.32. The number of H-pyrrole nitrogens is 7. The number of anilines is 7. The fourth-order valence-electron chi connectivity index (χ4n) is 15.9. The Kier molecular flexibility index (Phi) is 28.0. The molecule has 2 unspecified atom stereocenters. The number of likely N-dealkylation sites (tertiary alicyclic amines) is 1. The third-order valence-electron chi connectivity index (χ3n) is 23.2. The summed E-state index contributed by atoms with van der Waals surface area (Å²) in [4.78, 5) is 33.2. The van der Waals surface area contributed by atoms with Crippen LogP contribution in [0.2, 0.25) is 0 Å². The fourth-order valence-corrected chi connectivity index (χ4v) is 15.9. The van der Waals surface area contributed by atoms with Crippen LogP contribution in [-0.4, -0.2) is 180 Å². The van der Waals surface area contributed by atoms with Crippen LogP contribution in [0, 0.1) is 60.3 Å². The number of alkyl halides is 2. The second-order valence-electron chi connectivity index (χ2n) is 32.8. The van der Waals surface area contributed by atoms with Crippen molar-refractivity contribution in [3.8, 4) is 0 Å². The van der Waals surface area contributed by atoms with E-state index in [2.05, 4.69) is 190 Å². The molecule has 0 spiro atoms. The minimum atomic E-state index is -2.50. The van der Waals surface area contributed by atoms with Gasteiger partial charge >= 0.3 is 0 Å². The Hall–Kier alpha value is -11.2. The van der Waals surface area contributed by atoms with Gasteiger partial charge in [-0.15, -0.1) is 0 Å². The molecule has 4 aliphatic carbocycles. The van der Waals surface area contributed by atoms with Gasteiger partial charge < -0.3 is 42.1 Å². The van der Waals surface area contributed by atoms with Gasteiger partial charge in [0.25, 0.3) is 0 Å². The predicted molar refractivity (Wildman–Crippen MR) is 469 cm³/mol. The molecule has 0 bridgehead atoms. The Labute approximate surface area is 682 Å². The van der Waals surface area contributed by atoms with Crippen LogP contribution < -0.4 is 37.2 Å². The van der Waals surface area contributed by atoms with Crippen LogP contribution in [-0.2, 0) is 0 Å². The molecule has 14 N–H and O–H groups in total. The van der Waals surface area contributed by atoms with Gasteiger partial charge in [-0.2, -0.15) is 35.7 Å². The SMILES string of the molecule is CCC(C)Nc1nccc2n[nH]c(C)c12.Cc1[nH]nc2ccnc(NC3CCC(C)CC3)c12.Cc1[nH]nc2ccnc(NC3CCC(F)(F)CC3)c12.Cc1[nH]nc2ccnc(NC3CCC3)c12.Cc1[nH]nc2ccnc(NC3CCCC3)c12.Cc1[nH]nc2ccnc(NCC(C)C)c12.Cc1[nH]nc2ccnc(NCCC3CCCN3C)c12. The predicted octanol–water partition coefficient (Wildman–Crippen LogP) is 18.3. The summed E-state index contributed by atoms with van der Waals surface area (Å²) in [6, 6.07) is 16.4. The maximum Gasteiger partial charge on any atom is 0.248 e. The van der Waals surface area contributed by atoms with E-state index in [-0.39, 0.29) is 18.9 Å². The lowest BCUT2D eigenvalue weighted by atomic mass is 9.87. The minimum Gasteiger partial charge on any atom is -0.369 e. The van der Waals surface area contributed by atoms with Gasteiger partial charge in [0, 0.05) is 145 Å². The number of aromatic amines is 7. The molecule has 0 radical (unpaired) electrons. The summed E-state index contributed by atoms with van der Waals surface area (Å²) in [6.45, 7) is 28.2. The van der Waals surface area contributed by atoms with Gasteiger partial charge in [-0.1, -0.05) is 40.5 Å². The lowest BCUT2D eigenvalue weighted by molar-refractivity contribution is -0.0361. The number of nitrogens with zero attached hydrogens (tertiary/aromatic N) is 15. The first-order valence-electron chi connectivity index (χ1n) is 42.1. The van der Waals surface area contributed by atoms with Crippen LogP contribution in [0.25, 0.3) is 76.3 Å². The second-order valence-corrected chi connectivity index (χ2v) is 32.8. The molecule has 0 aromatic carbocycles. The highest BCUT2D eigenvalue weighted by molar-refractivity contribution is 5.96. The van der Waals surface area contributed by atoms with Crippen molar-refractivity contribution in [1.29, 1.82) is 0 Å². The molecular weight excluding hydrogens is 1480 g/mol. The average Bonchev–Trinajstić information content (AvgIpc) is 1.81. The number of nitrogens with one attached hydrogen (secondary N) is 14. The maximum atomic E-state index is 13.1. The van der Waals surface area contributed by atoms with Crippen LogP contribution in [0.1, 0.15) is 196 Å². The van der Waals surface area contributed by atoms with Crippen molar-refractivity contribution < 1.29 is 8.78 Å². The molecule has 5 aliphatic rings. The number of pyridine rings is 7. The molecule has 31 heteroatoms. The Balaban J connectivity index is 0.000000119. The van der Waals surface area contributed by atoms with E-state index in [4.69, 9.17) is 0 Å². The van der Waals surface area contributed by atoms with Crippen molar-refractivity contribution >= 4 is 117 Å². The normalized spacial score (nSPS) is 17.8. The zero-order valence-corrected chi connectivity index (χ0v) is 70.2. The summed E-state index contributed by atoms with van der Waals surface area (Å²) < 4.78 is 26.3. The first-order chi connectivity index (χ1) is 56.6. The molecule has 29 nitrogen and oxygen atoms in total. The van der Waals surface area contributed by atoms with Crippen molar-refractivity contribution in [1.82, 2.24) is 111 Å². The van der Waals surface area contributed by atoms with E-state index in [9.17, 15) is 8.78 Å². The molecule has 0 amide bonds. The van der Waals surface area contributed by atoms with Crippen LogP contribution in [0.4, 0.5) is 49.5 Å². The van der Waals surface area contributed by atoms with Gasteiger partial charge in [0.15, 0.2) is 0 Å². The first kappa shape index (κ1) is 83.7. The van der Waals surface area contributed by atoms with E-state index < -0.39 is 5.92 Å². The average molecular weight is 1600 g/mol. The molecule has 622 valence electrons. The Morgan fingerprint density at radius 2 is 0.701 bits per heavy atom. The summed E-state index contributed by atoms with van der Waals surface area (Å²) >= 11 is 0. The third kappa shape index (κ3) is 21.3. The first-order valence-corrected chi connectivity index (χ1v) is 42.1. The number of rotatable bonds is 18. The van der Waals surface area contributed by atoms with Crippen LogP contribution in [0.5, 0.6) is 0 Å². The molecule has 14 aromatic heterocycles. The standard InChI is InChI=1S/C14H21N5.C14H20N4.C13H16F2N4.C12H16N4.C11H14N4.2C11H16N4/c1-10-13-12(18-17-10)6-8-16-14(13)15-7-5-11-4-3-9-19(11)2;1-9-3-5-11(6-4-9)16-14-13-10(2)17-18-12(13)7-8-15-14;1-8-11-10(19-18-8)4-7-16-12(11)17-9-2-5-13(14,15)6-3-9;1-8-11-10(16-15-8)6-7-13-12(11)14-9-4-2-3-5-9;1-7-10-9(15-14-7)5-6-12-11(10)13-8-3-2-4-8;1-7(2)6-13-11-10-8(3)14-15-9(10)4-5-12-11;1-4-7(2)13-11-10-8(3)14-15-9(10)5-6-12-11/h6,8,11H,3-5,7,9H2,1-2H3,(H,15,16)(H,17,18);7-9,11H,3-6H2,1-2H3,(H,15,16)(H,17,18);4,7,9H,2-3,5-6H2,1H3,(H,16,17)(H,18,19);6-7,9H,2-5H2,1H3,(H,13,14)(H,15,16);5-6,8H,2-4H2,1H3,(H,12,13)(H,14,15);4-5,7H,6H2,1-3H3,(H,12,13)(H,14,15);5-7H,4H2,1-3H3,(H,12,13)(H,14,15). The number of aryl methyl sites for hydroxylation is 7. The van der Waals surface area contributed by atoms with E-state index in [1.165, 1.54) is 96.4 Å². The van der Waals surface area contributed by atoms with E-state index in [0.717, 1.165) is 188 Å². The zero-order valence-electron chi connectivity index (χ0n) is 70.2. The summed E-state index contributed by atoms with van der Waals surface area (Å²) in [5.74, 6) is 5.46. The van der Waals surface area contributed by atoms with Crippen molar-refractivity contribution in [3.63, 3.8) is 0 Å². The van der Waals surface area contributed by atoms with Gasteiger partial charge in [0.2, 0.25) is 5.92 Å². The van der Waals surface area contributed by atoms with Crippen molar-refractivity contribution in [2.75, 3.05) is 63.9 Å². The zero-order chi connectivity index (χ0) is 82.1. The highest BCUT2D eigenvalue weighted by Crippen LogP contribution is 2.37. The fraction of sp³-hybridized carbons (Fsp3) is 0.512. The molecule has 1 saturated heterocycles. The van der Waals surface area contributed by atoms with Crippen molar-refractivity contribution in [2.24, 2.45) is 11.8 Å².